The summed E-state index contributed by atoms with van der Waals surface area (Å²) >= 11 is 0. The normalized spacial score (nSPS) is 29.9. The summed E-state index contributed by atoms with van der Waals surface area (Å²) in [5.74, 6) is 0.943. The molecule has 20 heavy (non-hydrogen) atoms. The lowest BCUT2D eigenvalue weighted by atomic mass is 9.79. The second-order valence-corrected chi connectivity index (χ2v) is 6.56. The third-order valence-corrected chi connectivity index (χ3v) is 5.49. The average Bonchev–Trinajstić information content (AvgIpc) is 2.45. The summed E-state index contributed by atoms with van der Waals surface area (Å²) in [4.78, 5) is 2.79. The third kappa shape index (κ3) is 2.77. The molecule has 3 unspecified atom stereocenters. The number of nitrogens with zero attached hydrogens (tertiary/aromatic N) is 1. The lowest BCUT2D eigenvalue weighted by Crippen LogP contribution is -2.57. The Labute approximate surface area is 123 Å². The van der Waals surface area contributed by atoms with Crippen molar-refractivity contribution in [2.75, 3.05) is 13.1 Å². The molecule has 1 aliphatic heterocycles. The van der Waals surface area contributed by atoms with E-state index in [0.29, 0.717) is 12.1 Å². The van der Waals surface area contributed by atoms with Gasteiger partial charge in [0.25, 0.3) is 0 Å². The fraction of sp³-hybridized carbons (Fsp3) is 0.667. The highest BCUT2D eigenvalue weighted by Crippen LogP contribution is 2.35. The van der Waals surface area contributed by atoms with Gasteiger partial charge >= 0.3 is 0 Å². The molecule has 2 heteroatoms. The van der Waals surface area contributed by atoms with Gasteiger partial charge in [0, 0.05) is 31.2 Å². The van der Waals surface area contributed by atoms with Crippen LogP contribution in [0.1, 0.15) is 51.1 Å². The van der Waals surface area contributed by atoms with Gasteiger partial charge in [0.1, 0.15) is 0 Å². The summed E-state index contributed by atoms with van der Waals surface area (Å²) in [6.45, 7) is 7.09. The van der Waals surface area contributed by atoms with Crippen LogP contribution in [-0.2, 0) is 0 Å². The van der Waals surface area contributed by atoms with E-state index < -0.39 is 0 Å². The molecular formula is C18H28N2. The van der Waals surface area contributed by atoms with E-state index in [2.05, 4.69) is 54.4 Å². The van der Waals surface area contributed by atoms with E-state index in [1.54, 1.807) is 0 Å². The molecule has 1 aromatic rings. The molecule has 1 heterocycles. The molecule has 1 saturated carbocycles. The summed E-state index contributed by atoms with van der Waals surface area (Å²) in [6.07, 6.45) is 5.58. The van der Waals surface area contributed by atoms with Gasteiger partial charge in [0.05, 0.1) is 0 Å². The van der Waals surface area contributed by atoms with Gasteiger partial charge in [0.2, 0.25) is 0 Å². The molecule has 3 rings (SSSR count). The van der Waals surface area contributed by atoms with E-state index in [0.717, 1.165) is 18.5 Å². The zero-order chi connectivity index (χ0) is 13.9. The molecule has 0 amide bonds. The first-order chi connectivity index (χ1) is 9.79. The van der Waals surface area contributed by atoms with E-state index in [4.69, 9.17) is 0 Å². The van der Waals surface area contributed by atoms with Gasteiger partial charge in [0.15, 0.2) is 0 Å². The Morgan fingerprint density at radius 3 is 2.60 bits per heavy atom. The molecule has 1 aromatic carbocycles. The highest BCUT2D eigenvalue weighted by atomic mass is 15.3. The number of piperazine rings is 1. The van der Waals surface area contributed by atoms with Crippen LogP contribution in [0, 0.1) is 5.92 Å². The van der Waals surface area contributed by atoms with Crippen molar-refractivity contribution >= 4 is 0 Å². The fourth-order valence-corrected chi connectivity index (χ4v) is 3.80. The molecule has 0 aromatic heterocycles. The van der Waals surface area contributed by atoms with Crippen LogP contribution in [0.3, 0.4) is 0 Å². The lowest BCUT2D eigenvalue weighted by molar-refractivity contribution is 0.0346. The molecule has 1 aliphatic carbocycles. The number of hydrogen-bond acceptors (Lipinski definition) is 2. The predicted molar refractivity (Wildman–Crippen MR) is 84.8 cm³/mol. The Kier molecular flexibility index (Phi) is 4.42. The number of rotatable bonds is 4. The van der Waals surface area contributed by atoms with E-state index in [9.17, 15) is 0 Å². The summed E-state index contributed by atoms with van der Waals surface area (Å²) < 4.78 is 0. The molecule has 1 N–H and O–H groups in total. The smallest absolute Gasteiger partial charge is 0.0450 e. The van der Waals surface area contributed by atoms with Crippen molar-refractivity contribution in [3.63, 3.8) is 0 Å². The van der Waals surface area contributed by atoms with Crippen LogP contribution in [0.25, 0.3) is 0 Å². The van der Waals surface area contributed by atoms with Crippen LogP contribution in [-0.4, -0.2) is 30.1 Å². The molecule has 0 spiro atoms. The van der Waals surface area contributed by atoms with Gasteiger partial charge in [-0.1, -0.05) is 43.7 Å². The first-order valence-corrected chi connectivity index (χ1v) is 8.33. The molecule has 110 valence electrons. The first-order valence-electron chi connectivity index (χ1n) is 8.33. The summed E-state index contributed by atoms with van der Waals surface area (Å²) in [5.41, 5.74) is 1.44. The van der Waals surface area contributed by atoms with Crippen molar-refractivity contribution < 1.29 is 0 Å². The highest BCUT2D eigenvalue weighted by molar-refractivity contribution is 5.20. The highest BCUT2D eigenvalue weighted by Gasteiger charge is 2.35. The Balaban J connectivity index is 1.72. The van der Waals surface area contributed by atoms with Gasteiger partial charge < -0.3 is 5.32 Å². The van der Waals surface area contributed by atoms with Gasteiger partial charge in [-0.2, -0.15) is 0 Å². The second-order valence-electron chi connectivity index (χ2n) is 6.56. The molecule has 2 nitrogen and oxygen atoms in total. The van der Waals surface area contributed by atoms with Gasteiger partial charge in [-0.15, -0.1) is 0 Å². The largest absolute Gasteiger partial charge is 0.307 e. The molecule has 2 aliphatic rings. The number of benzene rings is 1. The molecule has 0 radical (unpaired) electrons. The molecule has 0 bridgehead atoms. The van der Waals surface area contributed by atoms with Crippen LogP contribution in [0.2, 0.25) is 0 Å². The topological polar surface area (TPSA) is 15.3 Å². The Morgan fingerprint density at radius 1 is 1.25 bits per heavy atom. The van der Waals surface area contributed by atoms with Crippen molar-refractivity contribution in [1.29, 1.82) is 0 Å². The first kappa shape index (κ1) is 14.1. The Morgan fingerprint density at radius 2 is 2.00 bits per heavy atom. The Bertz CT molecular complexity index is 413. The maximum Gasteiger partial charge on any atom is 0.0450 e. The number of hydrogen-bond donors (Lipinski definition) is 1. The van der Waals surface area contributed by atoms with Crippen LogP contribution < -0.4 is 5.32 Å². The van der Waals surface area contributed by atoms with Crippen LogP contribution >= 0.6 is 0 Å². The lowest BCUT2D eigenvalue weighted by Gasteiger charge is -2.48. The minimum absolute atomic E-state index is 0.501. The third-order valence-electron chi connectivity index (χ3n) is 5.49. The van der Waals surface area contributed by atoms with Crippen LogP contribution in [0.4, 0.5) is 0 Å². The fourth-order valence-electron chi connectivity index (χ4n) is 3.80. The van der Waals surface area contributed by atoms with Gasteiger partial charge in [-0.05, 0) is 37.7 Å². The van der Waals surface area contributed by atoms with E-state index in [1.165, 1.54) is 37.8 Å². The minimum atomic E-state index is 0.501. The summed E-state index contributed by atoms with van der Waals surface area (Å²) in [6, 6.07) is 12.9. The maximum absolute atomic E-state index is 3.75. The van der Waals surface area contributed by atoms with Crippen molar-refractivity contribution in [2.45, 2.75) is 57.7 Å². The summed E-state index contributed by atoms with van der Waals surface area (Å²) in [7, 11) is 0. The van der Waals surface area contributed by atoms with Crippen LogP contribution in [0.5, 0.6) is 0 Å². The van der Waals surface area contributed by atoms with Crippen LogP contribution in [0.15, 0.2) is 30.3 Å². The molecule has 2 fully saturated rings. The average molecular weight is 272 g/mol. The maximum atomic E-state index is 3.75. The monoisotopic (exact) mass is 272 g/mol. The second kappa shape index (κ2) is 6.28. The molecule has 3 atom stereocenters. The summed E-state index contributed by atoms with van der Waals surface area (Å²) in [5, 5.41) is 3.75. The molecule has 1 saturated heterocycles. The molecular weight excluding hydrogens is 244 g/mol. The van der Waals surface area contributed by atoms with Crippen molar-refractivity contribution in [3.05, 3.63) is 35.9 Å². The van der Waals surface area contributed by atoms with Crippen molar-refractivity contribution in [3.8, 4) is 0 Å². The van der Waals surface area contributed by atoms with Crippen molar-refractivity contribution in [1.82, 2.24) is 10.2 Å². The minimum Gasteiger partial charge on any atom is -0.307 e. The zero-order valence-corrected chi connectivity index (χ0v) is 12.9. The quantitative estimate of drug-likeness (QED) is 0.901. The van der Waals surface area contributed by atoms with E-state index in [1.807, 2.05) is 0 Å². The van der Waals surface area contributed by atoms with Gasteiger partial charge in [-0.3, -0.25) is 4.90 Å². The Hall–Kier alpha value is -0.860. The van der Waals surface area contributed by atoms with E-state index in [-0.39, 0.29) is 0 Å². The SMILES string of the molecule is CCC1CNC(c2ccccc2)CN1C(C)C1CCC1. The standard InChI is InChI=1S/C18H28N2/c1-3-17-12-19-18(16-8-5-4-6-9-16)13-20(17)14(2)15-10-7-11-15/h4-6,8-9,14-15,17-19H,3,7,10-13H2,1-2H3. The van der Waals surface area contributed by atoms with Gasteiger partial charge in [-0.25, -0.2) is 0 Å². The van der Waals surface area contributed by atoms with Crippen molar-refractivity contribution in [2.24, 2.45) is 5.92 Å². The zero-order valence-electron chi connectivity index (χ0n) is 12.9. The predicted octanol–water partition coefficient (Wildman–Crippen LogP) is 3.60. The number of nitrogens with one attached hydrogen (secondary N) is 1. The van der Waals surface area contributed by atoms with E-state index >= 15 is 0 Å².